The summed E-state index contributed by atoms with van der Waals surface area (Å²) in [5, 5.41) is 4.30. The number of ether oxygens (including phenoxy) is 2. The SMILES string of the molecule is CC(C)[C@@H](NC(=O)CSc1nc2ncc(Cl)cc2[nH]1)c1ccc2c(c1)OCCCO2. The van der Waals surface area contributed by atoms with Gasteiger partial charge in [0.25, 0.3) is 0 Å². The summed E-state index contributed by atoms with van der Waals surface area (Å²) in [7, 11) is 0. The maximum atomic E-state index is 12.7. The normalized spacial score (nSPS) is 14.5. The highest BCUT2D eigenvalue weighted by Crippen LogP contribution is 2.34. The van der Waals surface area contributed by atoms with Crippen LogP contribution >= 0.6 is 23.4 Å². The maximum Gasteiger partial charge on any atom is 0.230 e. The Labute approximate surface area is 183 Å². The van der Waals surface area contributed by atoms with E-state index in [0.29, 0.717) is 29.0 Å². The van der Waals surface area contributed by atoms with Crippen LogP contribution in [0, 0.1) is 5.92 Å². The van der Waals surface area contributed by atoms with Gasteiger partial charge in [0.2, 0.25) is 5.91 Å². The lowest BCUT2D eigenvalue weighted by molar-refractivity contribution is -0.119. The van der Waals surface area contributed by atoms with Gasteiger partial charge < -0.3 is 19.8 Å². The topological polar surface area (TPSA) is 89.1 Å². The fourth-order valence-electron chi connectivity index (χ4n) is 3.28. The Morgan fingerprint density at radius 1 is 1.27 bits per heavy atom. The van der Waals surface area contributed by atoms with Gasteiger partial charge in [-0.1, -0.05) is 43.3 Å². The quantitative estimate of drug-likeness (QED) is 0.546. The number of thioether (sulfide) groups is 1. The Bertz CT molecular complexity index is 1060. The van der Waals surface area contributed by atoms with Crippen LogP contribution in [0.2, 0.25) is 5.02 Å². The van der Waals surface area contributed by atoms with Gasteiger partial charge in [-0.2, -0.15) is 0 Å². The third-order valence-corrected chi connectivity index (χ3v) is 5.82. The first kappa shape index (κ1) is 20.8. The molecule has 3 aromatic rings. The smallest absolute Gasteiger partial charge is 0.230 e. The number of halogens is 1. The minimum Gasteiger partial charge on any atom is -0.490 e. The standard InChI is InChI=1S/C21H23ClN4O3S/c1-12(2)19(13-4-5-16-17(8-13)29-7-3-6-28-16)25-18(27)11-30-21-24-15-9-14(22)10-23-20(15)26-21/h4-5,8-10,12,19H,3,6-7,11H2,1-2H3,(H,25,27)(H,23,24,26)/t19-/m1/s1. The molecule has 158 valence electrons. The minimum absolute atomic E-state index is 0.0720. The Hall–Kier alpha value is -2.45. The zero-order valence-corrected chi connectivity index (χ0v) is 18.3. The molecule has 9 heteroatoms. The van der Waals surface area contributed by atoms with E-state index in [1.54, 1.807) is 12.3 Å². The molecule has 1 aromatic carbocycles. The molecule has 2 N–H and O–H groups in total. The number of hydrogen-bond donors (Lipinski definition) is 2. The first-order chi connectivity index (χ1) is 14.5. The largest absolute Gasteiger partial charge is 0.490 e. The fraction of sp³-hybridized carbons (Fsp3) is 0.381. The van der Waals surface area contributed by atoms with Crippen molar-refractivity contribution in [3.8, 4) is 11.5 Å². The van der Waals surface area contributed by atoms with Gasteiger partial charge in [0.15, 0.2) is 22.3 Å². The van der Waals surface area contributed by atoms with Crippen molar-refractivity contribution >= 4 is 40.4 Å². The van der Waals surface area contributed by atoms with E-state index >= 15 is 0 Å². The van der Waals surface area contributed by atoms with Crippen LogP contribution in [0.3, 0.4) is 0 Å². The highest BCUT2D eigenvalue weighted by atomic mass is 35.5. The van der Waals surface area contributed by atoms with Crippen LogP contribution in [0.25, 0.3) is 11.2 Å². The van der Waals surface area contributed by atoms with Crippen LogP contribution < -0.4 is 14.8 Å². The van der Waals surface area contributed by atoms with E-state index in [1.165, 1.54) is 11.8 Å². The Kier molecular flexibility index (Phi) is 6.34. The van der Waals surface area contributed by atoms with Crippen LogP contribution in [-0.4, -0.2) is 39.8 Å². The second-order valence-electron chi connectivity index (χ2n) is 7.40. The lowest BCUT2D eigenvalue weighted by Gasteiger charge is -2.23. The van der Waals surface area contributed by atoms with E-state index in [1.807, 2.05) is 18.2 Å². The van der Waals surface area contributed by atoms with Crippen molar-refractivity contribution in [2.45, 2.75) is 31.5 Å². The van der Waals surface area contributed by atoms with Crippen molar-refractivity contribution in [2.75, 3.05) is 19.0 Å². The molecule has 30 heavy (non-hydrogen) atoms. The molecule has 0 aliphatic carbocycles. The van der Waals surface area contributed by atoms with Crippen LogP contribution in [-0.2, 0) is 4.79 Å². The van der Waals surface area contributed by atoms with Gasteiger partial charge in [0, 0.05) is 12.6 Å². The second-order valence-corrected chi connectivity index (χ2v) is 8.80. The number of benzene rings is 1. The number of hydrogen-bond acceptors (Lipinski definition) is 6. The van der Waals surface area contributed by atoms with Crippen molar-refractivity contribution < 1.29 is 14.3 Å². The molecule has 1 atom stereocenters. The molecule has 0 unspecified atom stereocenters. The molecule has 0 saturated heterocycles. The van der Waals surface area contributed by atoms with Crippen molar-refractivity contribution in [1.82, 2.24) is 20.3 Å². The molecule has 0 bridgehead atoms. The molecule has 3 heterocycles. The lowest BCUT2D eigenvalue weighted by Crippen LogP contribution is -2.33. The van der Waals surface area contributed by atoms with Gasteiger partial charge in [-0.05, 0) is 29.7 Å². The van der Waals surface area contributed by atoms with E-state index < -0.39 is 0 Å². The highest BCUT2D eigenvalue weighted by Gasteiger charge is 2.21. The summed E-state index contributed by atoms with van der Waals surface area (Å²) >= 11 is 7.28. The summed E-state index contributed by atoms with van der Waals surface area (Å²) in [6.45, 7) is 5.44. The molecule has 1 aliphatic rings. The summed E-state index contributed by atoms with van der Waals surface area (Å²) in [6, 6.07) is 7.50. The fourth-order valence-corrected chi connectivity index (χ4v) is 4.12. The third kappa shape index (κ3) is 4.82. The average Bonchev–Trinajstić information content (AvgIpc) is 2.97. The summed E-state index contributed by atoms with van der Waals surface area (Å²) in [5.41, 5.74) is 2.32. The van der Waals surface area contributed by atoms with Gasteiger partial charge in [0.05, 0.1) is 35.5 Å². The number of amides is 1. The van der Waals surface area contributed by atoms with E-state index in [4.69, 9.17) is 21.1 Å². The zero-order chi connectivity index (χ0) is 21.1. The van der Waals surface area contributed by atoms with E-state index in [-0.39, 0.29) is 23.6 Å². The monoisotopic (exact) mass is 446 g/mol. The van der Waals surface area contributed by atoms with Gasteiger partial charge in [-0.15, -0.1) is 0 Å². The number of H-pyrrole nitrogens is 1. The highest BCUT2D eigenvalue weighted by molar-refractivity contribution is 7.99. The van der Waals surface area contributed by atoms with Crippen LogP contribution in [0.4, 0.5) is 0 Å². The van der Waals surface area contributed by atoms with Crippen LogP contribution in [0.15, 0.2) is 35.6 Å². The van der Waals surface area contributed by atoms with Gasteiger partial charge in [-0.3, -0.25) is 4.79 Å². The number of aromatic nitrogens is 3. The van der Waals surface area contributed by atoms with E-state index in [2.05, 4.69) is 34.1 Å². The van der Waals surface area contributed by atoms with Crippen molar-refractivity contribution in [3.05, 3.63) is 41.0 Å². The molecule has 0 saturated carbocycles. The maximum absolute atomic E-state index is 12.7. The van der Waals surface area contributed by atoms with Crippen molar-refractivity contribution in [1.29, 1.82) is 0 Å². The number of rotatable bonds is 6. The first-order valence-corrected chi connectivity index (χ1v) is 11.2. The molecule has 1 aliphatic heterocycles. The summed E-state index contributed by atoms with van der Waals surface area (Å²) in [5.74, 6) is 1.85. The Morgan fingerprint density at radius 2 is 2.07 bits per heavy atom. The number of carbonyl (C=O) groups is 1. The third-order valence-electron chi connectivity index (χ3n) is 4.74. The molecule has 0 spiro atoms. The van der Waals surface area contributed by atoms with Crippen molar-refractivity contribution in [3.63, 3.8) is 0 Å². The number of nitrogens with one attached hydrogen (secondary N) is 2. The number of fused-ring (bicyclic) bond motifs is 2. The van der Waals surface area contributed by atoms with Gasteiger partial charge in [-0.25, -0.2) is 9.97 Å². The number of imidazole rings is 1. The van der Waals surface area contributed by atoms with Crippen molar-refractivity contribution in [2.24, 2.45) is 5.92 Å². The number of pyridine rings is 1. The molecule has 2 aromatic heterocycles. The first-order valence-electron chi connectivity index (χ1n) is 9.82. The molecule has 0 fully saturated rings. The van der Waals surface area contributed by atoms with Crippen LogP contribution in [0.1, 0.15) is 31.9 Å². The molecule has 4 rings (SSSR count). The molecule has 0 radical (unpaired) electrons. The van der Waals surface area contributed by atoms with Gasteiger partial charge >= 0.3 is 0 Å². The van der Waals surface area contributed by atoms with Gasteiger partial charge in [0.1, 0.15) is 0 Å². The molecule has 1 amide bonds. The van der Waals surface area contributed by atoms with E-state index in [9.17, 15) is 4.79 Å². The summed E-state index contributed by atoms with van der Waals surface area (Å²) in [6.07, 6.45) is 2.41. The molecule has 7 nitrogen and oxygen atoms in total. The molecular formula is C21H23ClN4O3S. The lowest BCUT2D eigenvalue weighted by atomic mass is 9.95. The summed E-state index contributed by atoms with van der Waals surface area (Å²) in [4.78, 5) is 24.3. The number of nitrogens with zero attached hydrogens (tertiary/aromatic N) is 2. The van der Waals surface area contributed by atoms with Crippen LogP contribution in [0.5, 0.6) is 11.5 Å². The number of carbonyl (C=O) groups excluding carboxylic acids is 1. The predicted molar refractivity (Wildman–Crippen MR) is 117 cm³/mol. The second kappa shape index (κ2) is 9.14. The summed E-state index contributed by atoms with van der Waals surface area (Å²) < 4.78 is 11.5. The predicted octanol–water partition coefficient (Wildman–Crippen LogP) is 4.38. The average molecular weight is 447 g/mol. The zero-order valence-electron chi connectivity index (χ0n) is 16.8. The molecular weight excluding hydrogens is 424 g/mol. The number of aromatic amines is 1. The van der Waals surface area contributed by atoms with E-state index in [0.717, 1.165) is 29.0 Å². The Balaban J connectivity index is 1.42. The minimum atomic E-state index is -0.133. The Morgan fingerprint density at radius 3 is 2.87 bits per heavy atom.